The van der Waals surface area contributed by atoms with Crippen molar-refractivity contribution in [1.82, 2.24) is 9.78 Å². The van der Waals surface area contributed by atoms with Crippen LogP contribution in [0.1, 0.15) is 117 Å². The van der Waals surface area contributed by atoms with Crippen LogP contribution in [0.3, 0.4) is 0 Å². The fraction of sp³-hybridized carbons (Fsp3) is 0.871. The molecule has 4 saturated carbocycles. The van der Waals surface area contributed by atoms with Gasteiger partial charge in [-0.15, -0.1) is 0 Å². The molecule has 1 N–H and O–H groups in total. The van der Waals surface area contributed by atoms with E-state index in [1.165, 1.54) is 51.4 Å². The van der Waals surface area contributed by atoms with E-state index >= 15 is 0 Å². The predicted octanol–water partition coefficient (Wildman–Crippen LogP) is 7.36. The maximum atomic E-state index is 11.3. The first-order valence-electron chi connectivity index (χ1n) is 14.7. The van der Waals surface area contributed by atoms with E-state index in [0.29, 0.717) is 22.3 Å². The summed E-state index contributed by atoms with van der Waals surface area (Å²) in [5.74, 6) is 4.08. The van der Waals surface area contributed by atoms with E-state index in [1.54, 1.807) is 6.20 Å². The summed E-state index contributed by atoms with van der Waals surface area (Å²) in [7, 11) is 0. The molecule has 0 radical (unpaired) electrons. The van der Waals surface area contributed by atoms with Crippen LogP contribution in [0.15, 0.2) is 12.4 Å². The van der Waals surface area contributed by atoms with Crippen LogP contribution in [-0.4, -0.2) is 20.5 Å². The van der Waals surface area contributed by atoms with Gasteiger partial charge in [-0.05, 0) is 110 Å². The summed E-state index contributed by atoms with van der Waals surface area (Å²) < 4.78 is 2.02. The average Bonchev–Trinajstić information content (AvgIpc) is 3.24. The first kappa shape index (κ1) is 25.3. The van der Waals surface area contributed by atoms with Gasteiger partial charge in [0.15, 0.2) is 0 Å². The first-order chi connectivity index (χ1) is 16.5. The molecule has 8 atom stereocenters. The minimum absolute atomic E-state index is 0.156. The van der Waals surface area contributed by atoms with Crippen LogP contribution in [0.25, 0.3) is 0 Å². The molecule has 4 nitrogen and oxygen atoms in total. The highest BCUT2D eigenvalue weighted by Gasteiger charge is 2.60. The van der Waals surface area contributed by atoms with Crippen LogP contribution in [0, 0.1) is 57.2 Å². The van der Waals surface area contributed by atoms with E-state index in [1.807, 2.05) is 10.9 Å². The van der Waals surface area contributed by atoms with Gasteiger partial charge < -0.3 is 5.11 Å². The van der Waals surface area contributed by atoms with Gasteiger partial charge in [-0.2, -0.15) is 10.4 Å². The average molecular weight is 480 g/mol. The van der Waals surface area contributed by atoms with Crippen LogP contribution in [0.4, 0.5) is 0 Å². The van der Waals surface area contributed by atoms with Gasteiger partial charge in [0.05, 0.1) is 17.4 Å². The second kappa shape index (κ2) is 8.90. The molecular weight excluding hydrogens is 430 g/mol. The standard InChI is InChI=1S/C31H49N3O/c1-6-13-31(35)16-12-25-23-11-15-30(5)26(24(23)10-14-29(25,4)20-31)8-7-9-27(30)28(2,3)21-34-19-22(17-32)18-33-34/h18-19,23-27,35H,6-16,20-21H2,1-5H3/t23-,24+,25+,26-,27+,29+,30-,31+/m0/s1. The summed E-state index contributed by atoms with van der Waals surface area (Å²) in [5.41, 5.74) is 1.15. The van der Waals surface area contributed by atoms with E-state index in [0.717, 1.165) is 55.9 Å². The fourth-order valence-electron chi connectivity index (χ4n) is 10.7. The maximum absolute atomic E-state index is 11.3. The Kier molecular flexibility index (Phi) is 6.44. The second-order valence-corrected chi connectivity index (χ2v) is 14.5. The largest absolute Gasteiger partial charge is 0.390 e. The lowest BCUT2D eigenvalue weighted by Crippen LogP contribution is -2.58. The van der Waals surface area contributed by atoms with Crippen molar-refractivity contribution in [3.8, 4) is 6.07 Å². The summed E-state index contributed by atoms with van der Waals surface area (Å²) in [4.78, 5) is 0. The van der Waals surface area contributed by atoms with Crippen LogP contribution in [-0.2, 0) is 6.54 Å². The molecule has 0 unspecified atom stereocenters. The Morgan fingerprint density at radius 3 is 2.54 bits per heavy atom. The van der Waals surface area contributed by atoms with E-state index in [2.05, 4.69) is 45.8 Å². The highest BCUT2D eigenvalue weighted by atomic mass is 16.3. The zero-order valence-electron chi connectivity index (χ0n) is 23.0. The lowest BCUT2D eigenvalue weighted by atomic mass is 9.40. The third kappa shape index (κ3) is 4.28. The molecule has 0 aromatic carbocycles. The lowest BCUT2D eigenvalue weighted by molar-refractivity contribution is -0.172. The Morgan fingerprint density at radius 2 is 1.83 bits per heavy atom. The van der Waals surface area contributed by atoms with Crippen molar-refractivity contribution in [3.05, 3.63) is 18.0 Å². The molecule has 0 aliphatic heterocycles. The van der Waals surface area contributed by atoms with Gasteiger partial charge >= 0.3 is 0 Å². The molecule has 4 fully saturated rings. The van der Waals surface area contributed by atoms with E-state index in [4.69, 9.17) is 0 Å². The zero-order chi connectivity index (χ0) is 25.1. The molecule has 35 heavy (non-hydrogen) atoms. The van der Waals surface area contributed by atoms with Gasteiger partial charge in [0.2, 0.25) is 0 Å². The normalized spacial score (nSPS) is 43.5. The van der Waals surface area contributed by atoms with E-state index in [9.17, 15) is 10.4 Å². The highest BCUT2D eigenvalue weighted by Crippen LogP contribution is 2.68. The van der Waals surface area contributed by atoms with Crippen molar-refractivity contribution < 1.29 is 5.11 Å². The number of nitriles is 1. The molecule has 4 heteroatoms. The molecular formula is C31H49N3O. The minimum Gasteiger partial charge on any atom is -0.390 e. The van der Waals surface area contributed by atoms with Crippen LogP contribution in [0.5, 0.6) is 0 Å². The molecule has 1 heterocycles. The molecule has 4 aliphatic carbocycles. The molecule has 0 amide bonds. The number of hydrogen-bond donors (Lipinski definition) is 1. The zero-order valence-corrected chi connectivity index (χ0v) is 23.0. The van der Waals surface area contributed by atoms with Gasteiger partial charge in [-0.3, -0.25) is 4.68 Å². The van der Waals surface area contributed by atoms with Crippen LogP contribution in [0.2, 0.25) is 0 Å². The number of nitrogens with zero attached hydrogens (tertiary/aromatic N) is 3. The van der Waals surface area contributed by atoms with Crippen molar-refractivity contribution in [2.45, 2.75) is 124 Å². The SMILES string of the molecule is CCC[C@@]1(O)CC[C@@H]2[C@H]3CC[C@]4(C)[C@@H](C(C)(C)Cn5cc(C#N)cn5)CCC[C@H]4[C@@H]3CC[C@]2(C)C1. The fourth-order valence-corrected chi connectivity index (χ4v) is 10.7. The summed E-state index contributed by atoms with van der Waals surface area (Å²) in [6.07, 6.45) is 18.5. The number of fused-ring (bicyclic) bond motifs is 5. The molecule has 194 valence electrons. The quantitative estimate of drug-likeness (QED) is 0.480. The van der Waals surface area contributed by atoms with E-state index < -0.39 is 5.60 Å². The summed E-state index contributed by atoms with van der Waals surface area (Å²) in [6, 6.07) is 2.24. The summed E-state index contributed by atoms with van der Waals surface area (Å²) in [6.45, 7) is 13.2. The molecule has 1 aromatic rings. The predicted molar refractivity (Wildman–Crippen MR) is 140 cm³/mol. The Balaban J connectivity index is 1.36. The highest BCUT2D eigenvalue weighted by molar-refractivity contribution is 5.21. The van der Waals surface area contributed by atoms with Crippen molar-refractivity contribution >= 4 is 0 Å². The topological polar surface area (TPSA) is 61.8 Å². The van der Waals surface area contributed by atoms with Crippen molar-refractivity contribution in [1.29, 1.82) is 5.26 Å². The molecule has 5 rings (SSSR count). The smallest absolute Gasteiger partial charge is 0.102 e. The molecule has 0 spiro atoms. The maximum Gasteiger partial charge on any atom is 0.102 e. The molecule has 0 saturated heterocycles. The van der Waals surface area contributed by atoms with Gasteiger partial charge in [0, 0.05) is 12.7 Å². The Hall–Kier alpha value is -1.34. The first-order valence-corrected chi connectivity index (χ1v) is 14.7. The van der Waals surface area contributed by atoms with E-state index in [-0.39, 0.29) is 5.41 Å². The van der Waals surface area contributed by atoms with Crippen molar-refractivity contribution in [2.24, 2.45) is 45.8 Å². The van der Waals surface area contributed by atoms with Gasteiger partial charge in [-0.1, -0.05) is 47.5 Å². The third-order valence-corrected chi connectivity index (χ3v) is 11.8. The number of aromatic nitrogens is 2. The minimum atomic E-state index is -0.409. The third-order valence-electron chi connectivity index (χ3n) is 11.8. The second-order valence-electron chi connectivity index (χ2n) is 14.5. The van der Waals surface area contributed by atoms with Gasteiger partial charge in [-0.25, -0.2) is 0 Å². The number of rotatable bonds is 5. The van der Waals surface area contributed by atoms with Crippen LogP contribution < -0.4 is 0 Å². The van der Waals surface area contributed by atoms with Crippen LogP contribution >= 0.6 is 0 Å². The summed E-state index contributed by atoms with van der Waals surface area (Å²) in [5, 5.41) is 25.1. The van der Waals surface area contributed by atoms with Gasteiger partial charge in [0.25, 0.3) is 0 Å². The number of aliphatic hydroxyl groups is 1. The van der Waals surface area contributed by atoms with Crippen molar-refractivity contribution in [2.75, 3.05) is 0 Å². The number of hydrogen-bond acceptors (Lipinski definition) is 3. The Morgan fingerprint density at radius 1 is 1.09 bits per heavy atom. The van der Waals surface area contributed by atoms with Gasteiger partial charge in [0.1, 0.15) is 6.07 Å². The lowest BCUT2D eigenvalue weighted by Gasteiger charge is -2.65. The molecule has 4 aliphatic rings. The Labute approximate surface area is 213 Å². The van der Waals surface area contributed by atoms with Crippen molar-refractivity contribution in [3.63, 3.8) is 0 Å². The monoisotopic (exact) mass is 479 g/mol. The molecule has 1 aromatic heterocycles. The molecule has 0 bridgehead atoms. The summed E-state index contributed by atoms with van der Waals surface area (Å²) >= 11 is 0. The Bertz CT molecular complexity index is 961.